The fourth-order valence-electron chi connectivity index (χ4n) is 2.84. The third-order valence-electron chi connectivity index (χ3n) is 4.29. The van der Waals surface area contributed by atoms with Crippen LogP contribution in [-0.4, -0.2) is 31.6 Å². The van der Waals surface area contributed by atoms with E-state index in [1.165, 1.54) is 12.1 Å². The first kappa shape index (κ1) is 18.8. The minimum atomic E-state index is -0.300. The van der Waals surface area contributed by atoms with Gasteiger partial charge in [-0.25, -0.2) is 9.37 Å². The maximum Gasteiger partial charge on any atom is 0.223 e. The van der Waals surface area contributed by atoms with Crippen LogP contribution >= 0.6 is 0 Å². The SMILES string of the molecule is CC(C)N(Cc1cnn(C)c1)C(=O)CCc1ncc(-c2ccc(F)cc2)o1. The smallest absolute Gasteiger partial charge is 0.223 e. The van der Waals surface area contributed by atoms with Crippen LogP contribution < -0.4 is 0 Å². The molecule has 7 heteroatoms. The highest BCUT2D eigenvalue weighted by molar-refractivity contribution is 5.76. The van der Waals surface area contributed by atoms with E-state index in [1.807, 2.05) is 32.0 Å². The number of amides is 1. The summed E-state index contributed by atoms with van der Waals surface area (Å²) in [6.45, 7) is 4.51. The highest BCUT2D eigenvalue weighted by Crippen LogP contribution is 2.21. The Hall–Kier alpha value is -2.96. The summed E-state index contributed by atoms with van der Waals surface area (Å²) >= 11 is 0. The fraction of sp³-hybridized carbons (Fsp3) is 0.350. The van der Waals surface area contributed by atoms with E-state index in [0.29, 0.717) is 31.0 Å². The van der Waals surface area contributed by atoms with Crippen molar-refractivity contribution in [3.05, 3.63) is 60.1 Å². The lowest BCUT2D eigenvalue weighted by Gasteiger charge is -2.26. The first-order valence-corrected chi connectivity index (χ1v) is 8.90. The first-order chi connectivity index (χ1) is 12.9. The number of halogens is 1. The molecule has 2 heterocycles. The molecule has 2 aromatic heterocycles. The second-order valence-electron chi connectivity index (χ2n) is 6.76. The van der Waals surface area contributed by atoms with E-state index in [-0.39, 0.29) is 17.8 Å². The van der Waals surface area contributed by atoms with Gasteiger partial charge in [-0.1, -0.05) is 0 Å². The second kappa shape index (κ2) is 8.16. The summed E-state index contributed by atoms with van der Waals surface area (Å²) in [5.74, 6) is 0.795. The van der Waals surface area contributed by atoms with Crippen molar-refractivity contribution in [1.82, 2.24) is 19.7 Å². The zero-order valence-corrected chi connectivity index (χ0v) is 15.7. The topological polar surface area (TPSA) is 64.2 Å². The van der Waals surface area contributed by atoms with E-state index in [0.717, 1.165) is 11.1 Å². The van der Waals surface area contributed by atoms with Gasteiger partial charge in [0.25, 0.3) is 0 Å². The Morgan fingerprint density at radius 1 is 1.26 bits per heavy atom. The predicted molar refractivity (Wildman–Crippen MR) is 99.1 cm³/mol. The number of carbonyl (C=O) groups is 1. The van der Waals surface area contributed by atoms with Crippen LogP contribution in [-0.2, 0) is 24.8 Å². The predicted octanol–water partition coefficient (Wildman–Crippen LogP) is 3.58. The number of aryl methyl sites for hydroxylation is 2. The first-order valence-electron chi connectivity index (χ1n) is 8.90. The highest BCUT2D eigenvalue weighted by Gasteiger charge is 2.19. The van der Waals surface area contributed by atoms with Crippen molar-refractivity contribution < 1.29 is 13.6 Å². The largest absolute Gasteiger partial charge is 0.441 e. The van der Waals surface area contributed by atoms with Crippen LogP contribution in [0.4, 0.5) is 4.39 Å². The van der Waals surface area contributed by atoms with Crippen molar-refractivity contribution in [2.75, 3.05) is 0 Å². The number of benzene rings is 1. The van der Waals surface area contributed by atoms with Gasteiger partial charge in [-0.15, -0.1) is 0 Å². The molecule has 0 unspecified atom stereocenters. The second-order valence-corrected chi connectivity index (χ2v) is 6.76. The number of rotatable bonds is 7. The van der Waals surface area contributed by atoms with Gasteiger partial charge in [-0.2, -0.15) is 5.10 Å². The Kier molecular flexibility index (Phi) is 5.69. The summed E-state index contributed by atoms with van der Waals surface area (Å²) in [5, 5.41) is 4.15. The van der Waals surface area contributed by atoms with Gasteiger partial charge in [0.2, 0.25) is 5.91 Å². The molecule has 0 radical (unpaired) electrons. The molecule has 3 rings (SSSR count). The fourth-order valence-corrected chi connectivity index (χ4v) is 2.84. The van der Waals surface area contributed by atoms with Crippen LogP contribution in [0.3, 0.4) is 0 Å². The van der Waals surface area contributed by atoms with Crippen molar-refractivity contribution in [2.45, 2.75) is 39.3 Å². The van der Waals surface area contributed by atoms with Gasteiger partial charge in [0.1, 0.15) is 5.82 Å². The lowest BCUT2D eigenvalue weighted by atomic mass is 10.2. The number of oxazole rings is 1. The summed E-state index contributed by atoms with van der Waals surface area (Å²) in [4.78, 5) is 18.7. The van der Waals surface area contributed by atoms with Crippen molar-refractivity contribution in [2.24, 2.45) is 7.05 Å². The molecular weight excluding hydrogens is 347 g/mol. The molecule has 0 spiro atoms. The van der Waals surface area contributed by atoms with Gasteiger partial charge >= 0.3 is 0 Å². The van der Waals surface area contributed by atoms with Gasteiger partial charge < -0.3 is 9.32 Å². The lowest BCUT2D eigenvalue weighted by molar-refractivity contribution is -0.133. The maximum atomic E-state index is 13.0. The zero-order chi connectivity index (χ0) is 19.4. The Bertz CT molecular complexity index is 899. The zero-order valence-electron chi connectivity index (χ0n) is 15.7. The molecule has 0 fully saturated rings. The van der Waals surface area contributed by atoms with Crippen molar-refractivity contribution >= 4 is 5.91 Å². The van der Waals surface area contributed by atoms with E-state index in [2.05, 4.69) is 10.1 Å². The number of aromatic nitrogens is 3. The lowest BCUT2D eigenvalue weighted by Crippen LogP contribution is -2.36. The summed E-state index contributed by atoms with van der Waals surface area (Å²) < 4.78 is 20.5. The van der Waals surface area contributed by atoms with Crippen LogP contribution in [0.15, 0.2) is 47.3 Å². The normalized spacial score (nSPS) is 11.1. The summed E-state index contributed by atoms with van der Waals surface area (Å²) in [7, 11) is 1.85. The molecule has 3 aromatic rings. The van der Waals surface area contributed by atoms with Crippen molar-refractivity contribution in [3.63, 3.8) is 0 Å². The number of hydrogen-bond acceptors (Lipinski definition) is 4. The van der Waals surface area contributed by atoms with E-state index in [4.69, 9.17) is 4.42 Å². The van der Waals surface area contributed by atoms with E-state index in [1.54, 1.807) is 29.2 Å². The monoisotopic (exact) mass is 370 g/mol. The average molecular weight is 370 g/mol. The van der Waals surface area contributed by atoms with E-state index >= 15 is 0 Å². The molecule has 0 aliphatic carbocycles. The summed E-state index contributed by atoms with van der Waals surface area (Å²) in [6, 6.07) is 6.11. The van der Waals surface area contributed by atoms with Gasteiger partial charge in [-0.3, -0.25) is 9.48 Å². The van der Waals surface area contributed by atoms with Crippen LogP contribution in [0.25, 0.3) is 11.3 Å². The molecule has 142 valence electrons. The molecule has 27 heavy (non-hydrogen) atoms. The quantitative estimate of drug-likeness (QED) is 0.638. The van der Waals surface area contributed by atoms with Crippen molar-refractivity contribution in [1.29, 1.82) is 0 Å². The molecular formula is C20H23FN4O2. The molecule has 1 aromatic carbocycles. The Morgan fingerprint density at radius 2 is 2.00 bits per heavy atom. The molecule has 0 aliphatic heterocycles. The third-order valence-corrected chi connectivity index (χ3v) is 4.29. The molecule has 1 amide bonds. The van der Waals surface area contributed by atoms with Crippen LogP contribution in [0.5, 0.6) is 0 Å². The van der Waals surface area contributed by atoms with Crippen LogP contribution in [0, 0.1) is 5.82 Å². The highest BCUT2D eigenvalue weighted by atomic mass is 19.1. The van der Waals surface area contributed by atoms with Gasteiger partial charge in [-0.05, 0) is 38.1 Å². The summed E-state index contributed by atoms with van der Waals surface area (Å²) in [6.07, 6.45) is 6.00. The molecule has 0 N–H and O–H groups in total. The number of carbonyl (C=O) groups excluding carboxylic acids is 1. The van der Waals surface area contributed by atoms with E-state index in [9.17, 15) is 9.18 Å². The van der Waals surface area contributed by atoms with Gasteiger partial charge in [0.05, 0.1) is 12.4 Å². The van der Waals surface area contributed by atoms with Crippen LogP contribution in [0.1, 0.15) is 31.7 Å². The molecule has 0 saturated heterocycles. The molecule has 0 saturated carbocycles. The average Bonchev–Trinajstić information content (AvgIpc) is 3.27. The Balaban J connectivity index is 1.61. The minimum absolute atomic E-state index is 0.0374. The maximum absolute atomic E-state index is 13.0. The molecule has 0 bridgehead atoms. The molecule has 0 aliphatic rings. The Morgan fingerprint density at radius 3 is 2.63 bits per heavy atom. The summed E-state index contributed by atoms with van der Waals surface area (Å²) in [5.41, 5.74) is 1.75. The number of hydrogen-bond donors (Lipinski definition) is 0. The van der Waals surface area contributed by atoms with E-state index < -0.39 is 0 Å². The number of nitrogens with zero attached hydrogens (tertiary/aromatic N) is 4. The Labute approximate surface area is 157 Å². The van der Waals surface area contributed by atoms with Gasteiger partial charge in [0, 0.05) is 49.8 Å². The van der Waals surface area contributed by atoms with Gasteiger partial charge in [0.15, 0.2) is 11.7 Å². The van der Waals surface area contributed by atoms with Crippen LogP contribution in [0.2, 0.25) is 0 Å². The molecule has 0 atom stereocenters. The molecule has 6 nitrogen and oxygen atoms in total. The minimum Gasteiger partial charge on any atom is -0.441 e. The van der Waals surface area contributed by atoms with Crippen molar-refractivity contribution in [3.8, 4) is 11.3 Å². The third kappa shape index (κ3) is 4.81. The standard InChI is InChI=1S/C20H23FN4O2/c1-14(2)25(13-15-10-23-24(3)12-15)20(26)9-8-19-22-11-18(27-19)16-4-6-17(21)7-5-16/h4-7,10-12,14H,8-9,13H2,1-3H3.